The highest BCUT2D eigenvalue weighted by molar-refractivity contribution is 6.77. The fourth-order valence-electron chi connectivity index (χ4n) is 2.52. The van der Waals surface area contributed by atoms with Crippen molar-refractivity contribution in [2.75, 3.05) is 0 Å². The van der Waals surface area contributed by atoms with Crippen LogP contribution in [0.3, 0.4) is 0 Å². The first-order valence-electron chi connectivity index (χ1n) is 5.84. The minimum Gasteiger partial charge on any atom is -0.0693 e. The highest BCUT2D eigenvalue weighted by Crippen LogP contribution is 2.46. The summed E-state index contributed by atoms with van der Waals surface area (Å²) in [7, 11) is -1.03. The molecule has 0 aliphatic heterocycles. The quantitative estimate of drug-likeness (QED) is 0.556. The van der Waals surface area contributed by atoms with Gasteiger partial charge in [-0.15, -0.1) is 0 Å². The van der Waals surface area contributed by atoms with Crippen molar-refractivity contribution in [3.8, 4) is 0 Å². The molecule has 0 amide bonds. The molecule has 0 bridgehead atoms. The summed E-state index contributed by atoms with van der Waals surface area (Å²) in [5, 5.41) is 0. The molecule has 0 radical (unpaired) electrons. The molecule has 1 unspecified atom stereocenters. The molecule has 0 spiro atoms. The van der Waals surface area contributed by atoms with Crippen molar-refractivity contribution in [2.45, 2.75) is 73.1 Å². The Morgan fingerprint density at radius 2 is 1.21 bits per heavy atom. The Bertz CT molecular complexity index is 159. The highest BCUT2D eigenvalue weighted by Gasteiger charge is 2.38. The Morgan fingerprint density at radius 3 is 1.29 bits per heavy atom. The molecule has 0 N–H and O–H groups in total. The van der Waals surface area contributed by atoms with Crippen LogP contribution in [0.1, 0.15) is 48.0 Å². The normalized spacial score (nSPS) is 16.9. The minimum atomic E-state index is -1.03. The Morgan fingerprint density at radius 1 is 0.857 bits per heavy atom. The number of hydrogen-bond acceptors (Lipinski definition) is 0. The van der Waals surface area contributed by atoms with E-state index in [4.69, 9.17) is 0 Å². The van der Waals surface area contributed by atoms with E-state index in [2.05, 4.69) is 61.2 Å². The molecule has 0 rings (SSSR count). The SMILES string of the molecule is CC(C)(C)CC(C(C)(C)C)[Si](C)(C)C. The molecular weight excluding hydrogens is 184 g/mol. The van der Waals surface area contributed by atoms with Gasteiger partial charge in [-0.3, -0.25) is 0 Å². The first-order chi connectivity index (χ1) is 5.84. The fraction of sp³-hybridized carbons (Fsp3) is 1.00. The molecule has 0 heterocycles. The molecule has 0 aromatic heterocycles. The molecule has 0 nitrogen and oxygen atoms in total. The molecule has 0 fully saturated rings. The molecule has 0 saturated carbocycles. The van der Waals surface area contributed by atoms with E-state index in [1.54, 1.807) is 0 Å². The average Bonchev–Trinajstić information content (AvgIpc) is 1.75. The number of hydrogen-bond donors (Lipinski definition) is 0. The smallest absolute Gasteiger partial charge is 0.0479 e. The van der Waals surface area contributed by atoms with E-state index in [-0.39, 0.29) is 0 Å². The zero-order chi connectivity index (χ0) is 11.8. The van der Waals surface area contributed by atoms with Gasteiger partial charge in [-0.1, -0.05) is 61.2 Å². The standard InChI is InChI=1S/C13H30Si/c1-12(2,3)10-11(13(4,5)6)14(7,8)9/h11H,10H2,1-9H3. The second-order valence-electron chi connectivity index (χ2n) is 8.05. The minimum absolute atomic E-state index is 0.470. The third kappa shape index (κ3) is 5.19. The second kappa shape index (κ2) is 4.00. The van der Waals surface area contributed by atoms with E-state index in [1.165, 1.54) is 6.42 Å². The maximum atomic E-state index is 2.51. The topological polar surface area (TPSA) is 0 Å². The van der Waals surface area contributed by atoms with Gasteiger partial charge in [0.1, 0.15) is 0 Å². The van der Waals surface area contributed by atoms with Crippen molar-refractivity contribution in [2.24, 2.45) is 10.8 Å². The van der Waals surface area contributed by atoms with Crippen LogP contribution in [-0.2, 0) is 0 Å². The van der Waals surface area contributed by atoms with Crippen LogP contribution in [0, 0.1) is 10.8 Å². The maximum absolute atomic E-state index is 2.51. The summed E-state index contributed by atoms with van der Waals surface area (Å²) >= 11 is 0. The number of rotatable bonds is 2. The van der Waals surface area contributed by atoms with Gasteiger partial charge in [0.25, 0.3) is 0 Å². The van der Waals surface area contributed by atoms with Gasteiger partial charge in [0.15, 0.2) is 0 Å². The van der Waals surface area contributed by atoms with Crippen molar-refractivity contribution in [1.82, 2.24) is 0 Å². The molecule has 0 aromatic carbocycles. The molecule has 0 aliphatic rings. The molecular formula is C13H30Si. The van der Waals surface area contributed by atoms with Crippen molar-refractivity contribution >= 4 is 8.07 Å². The first kappa shape index (κ1) is 14.2. The van der Waals surface area contributed by atoms with Gasteiger partial charge in [-0.25, -0.2) is 0 Å². The van der Waals surface area contributed by atoms with Gasteiger partial charge >= 0.3 is 0 Å². The third-order valence-corrected chi connectivity index (χ3v) is 6.07. The van der Waals surface area contributed by atoms with Gasteiger partial charge in [-0.2, -0.15) is 0 Å². The summed E-state index contributed by atoms with van der Waals surface area (Å²) in [6.45, 7) is 21.8. The van der Waals surface area contributed by atoms with Gasteiger partial charge < -0.3 is 0 Å². The molecule has 86 valence electrons. The summed E-state index contributed by atoms with van der Waals surface area (Å²) < 4.78 is 0. The predicted octanol–water partition coefficient (Wildman–Crippen LogP) is 5.18. The van der Waals surface area contributed by atoms with E-state index < -0.39 is 8.07 Å². The zero-order valence-electron chi connectivity index (χ0n) is 11.8. The van der Waals surface area contributed by atoms with Crippen LogP contribution in [-0.4, -0.2) is 8.07 Å². The van der Waals surface area contributed by atoms with Crippen LogP contribution >= 0.6 is 0 Å². The van der Waals surface area contributed by atoms with Crippen LogP contribution in [0.5, 0.6) is 0 Å². The van der Waals surface area contributed by atoms with Crippen LogP contribution in [0.25, 0.3) is 0 Å². The summed E-state index contributed by atoms with van der Waals surface area (Å²) in [4.78, 5) is 0. The van der Waals surface area contributed by atoms with Crippen molar-refractivity contribution in [1.29, 1.82) is 0 Å². The van der Waals surface area contributed by atoms with Gasteiger partial charge in [-0.05, 0) is 22.8 Å². The van der Waals surface area contributed by atoms with Crippen molar-refractivity contribution in [3.05, 3.63) is 0 Å². The highest BCUT2D eigenvalue weighted by atomic mass is 28.3. The molecule has 0 aromatic rings. The van der Waals surface area contributed by atoms with Gasteiger partial charge in [0.2, 0.25) is 0 Å². The van der Waals surface area contributed by atoms with E-state index in [9.17, 15) is 0 Å². The molecule has 1 atom stereocenters. The maximum Gasteiger partial charge on any atom is 0.0479 e. The Labute approximate surface area is 92.5 Å². The Hall–Kier alpha value is 0.217. The lowest BCUT2D eigenvalue weighted by molar-refractivity contribution is 0.268. The zero-order valence-corrected chi connectivity index (χ0v) is 12.8. The van der Waals surface area contributed by atoms with Gasteiger partial charge in [0, 0.05) is 8.07 Å². The molecule has 1 heteroatoms. The lowest BCUT2D eigenvalue weighted by atomic mass is 9.80. The van der Waals surface area contributed by atoms with E-state index >= 15 is 0 Å². The fourth-order valence-corrected chi connectivity index (χ4v) is 6.35. The van der Waals surface area contributed by atoms with Crippen molar-refractivity contribution < 1.29 is 0 Å². The van der Waals surface area contributed by atoms with Crippen molar-refractivity contribution in [3.63, 3.8) is 0 Å². The van der Waals surface area contributed by atoms with Crippen LogP contribution < -0.4 is 0 Å². The van der Waals surface area contributed by atoms with Crippen LogP contribution in [0.4, 0.5) is 0 Å². The van der Waals surface area contributed by atoms with Gasteiger partial charge in [0.05, 0.1) is 0 Å². The van der Waals surface area contributed by atoms with Crippen LogP contribution in [0.2, 0.25) is 25.2 Å². The van der Waals surface area contributed by atoms with E-state index in [1.807, 2.05) is 0 Å². The largest absolute Gasteiger partial charge is 0.0693 e. The molecule has 0 saturated heterocycles. The van der Waals surface area contributed by atoms with E-state index in [0.717, 1.165) is 5.54 Å². The monoisotopic (exact) mass is 214 g/mol. The lowest BCUT2D eigenvalue weighted by Gasteiger charge is -2.43. The third-order valence-electron chi connectivity index (χ3n) is 2.91. The summed E-state index contributed by atoms with van der Waals surface area (Å²) in [5.74, 6) is 0. The van der Waals surface area contributed by atoms with Crippen LogP contribution in [0.15, 0.2) is 0 Å². The lowest BCUT2D eigenvalue weighted by Crippen LogP contribution is -2.38. The first-order valence-corrected chi connectivity index (χ1v) is 9.42. The predicted molar refractivity (Wildman–Crippen MR) is 70.6 cm³/mol. The molecule has 14 heavy (non-hydrogen) atoms. The Kier molecular flexibility index (Phi) is 4.06. The van der Waals surface area contributed by atoms with E-state index in [0.29, 0.717) is 10.8 Å². The second-order valence-corrected chi connectivity index (χ2v) is 13.5. The summed E-state index contributed by atoms with van der Waals surface area (Å²) in [5.41, 5.74) is 1.85. The average molecular weight is 214 g/mol. The summed E-state index contributed by atoms with van der Waals surface area (Å²) in [6.07, 6.45) is 1.37. The molecule has 0 aliphatic carbocycles. The summed E-state index contributed by atoms with van der Waals surface area (Å²) in [6, 6.07) is 0. The Balaban J connectivity index is 4.78.